The summed E-state index contributed by atoms with van der Waals surface area (Å²) in [7, 11) is 5.07. The van der Waals surface area contributed by atoms with Gasteiger partial charge in [0.1, 0.15) is 29.0 Å². The molecule has 348 valence electrons. The van der Waals surface area contributed by atoms with Crippen LogP contribution in [0.2, 0.25) is 0 Å². The van der Waals surface area contributed by atoms with Crippen molar-refractivity contribution in [3.05, 3.63) is 46.4 Å². The van der Waals surface area contributed by atoms with Crippen LogP contribution < -0.4 is 40.4 Å². The van der Waals surface area contributed by atoms with E-state index in [1.165, 1.54) is 16.8 Å². The topological polar surface area (TPSA) is 234 Å². The average Bonchev–Trinajstić information content (AvgIpc) is 4.05. The number of nitrogens with one attached hydrogen (secondary N) is 3. The molecule has 1 amide bonds. The molecule has 0 bridgehead atoms. The number of hydrogen-bond donors (Lipinski definition) is 4. The largest absolute Gasteiger partial charge is 0.493 e. The number of anilines is 2. The smallest absolute Gasteiger partial charge is 0.277 e. The van der Waals surface area contributed by atoms with Crippen LogP contribution in [0.25, 0.3) is 33.3 Å². The number of hydrogen-bond acceptors (Lipinski definition) is 15. The minimum atomic E-state index is -3.76. The van der Waals surface area contributed by atoms with Gasteiger partial charge in [-0.1, -0.05) is 20.3 Å². The van der Waals surface area contributed by atoms with Crippen molar-refractivity contribution in [1.29, 1.82) is 0 Å². The van der Waals surface area contributed by atoms with Gasteiger partial charge in [0.2, 0.25) is 21.9 Å². The van der Waals surface area contributed by atoms with Crippen LogP contribution in [0.1, 0.15) is 70.9 Å². The zero-order valence-corrected chi connectivity index (χ0v) is 38.8. The van der Waals surface area contributed by atoms with Crippen molar-refractivity contribution in [2.45, 2.75) is 88.7 Å². The highest BCUT2D eigenvalue weighted by Crippen LogP contribution is 2.34. The van der Waals surface area contributed by atoms with Gasteiger partial charge in [0.15, 0.2) is 17.0 Å². The van der Waals surface area contributed by atoms with Crippen LogP contribution in [0.15, 0.2) is 40.0 Å². The number of carbonyl (C=O) groups is 1. The normalized spacial score (nSPS) is 16.5. The minimum absolute atomic E-state index is 0.0348. The first-order valence-electron chi connectivity index (χ1n) is 22.0. The van der Waals surface area contributed by atoms with Crippen LogP contribution in [-0.2, 0) is 33.0 Å². The molecule has 3 aromatic heterocycles. The third kappa shape index (κ3) is 11.4. The van der Waals surface area contributed by atoms with Crippen molar-refractivity contribution in [3.63, 3.8) is 0 Å². The van der Waals surface area contributed by atoms with E-state index < -0.39 is 10.0 Å². The van der Waals surface area contributed by atoms with Gasteiger partial charge in [-0.15, -0.1) is 0 Å². The van der Waals surface area contributed by atoms with E-state index in [0.29, 0.717) is 102 Å². The van der Waals surface area contributed by atoms with Gasteiger partial charge < -0.3 is 44.8 Å². The number of aryl methyl sites for hydroxylation is 2. The summed E-state index contributed by atoms with van der Waals surface area (Å²) in [4.78, 5) is 45.7. The highest BCUT2D eigenvalue weighted by atomic mass is 32.2. The number of amides is 1. The van der Waals surface area contributed by atoms with Gasteiger partial charge in [0.05, 0.1) is 42.5 Å². The third-order valence-corrected chi connectivity index (χ3v) is 12.9. The predicted octanol–water partition coefficient (Wildman–Crippen LogP) is 4.18. The van der Waals surface area contributed by atoms with Gasteiger partial charge in [0.25, 0.3) is 5.56 Å². The van der Waals surface area contributed by atoms with Crippen LogP contribution in [0, 0.1) is 0 Å². The average molecular weight is 906 g/mol. The molecule has 5 N–H and O–H groups in total. The summed E-state index contributed by atoms with van der Waals surface area (Å²) >= 11 is 0. The van der Waals surface area contributed by atoms with Crippen LogP contribution in [-0.4, -0.2) is 129 Å². The lowest BCUT2D eigenvalue weighted by Gasteiger charge is -2.19. The first-order chi connectivity index (χ1) is 30.8. The van der Waals surface area contributed by atoms with Crippen molar-refractivity contribution >= 4 is 49.6 Å². The zero-order valence-electron chi connectivity index (χ0n) is 38.0. The van der Waals surface area contributed by atoms with E-state index >= 15 is 0 Å². The molecule has 19 nitrogen and oxygen atoms in total. The number of likely N-dealkylation sites (tertiary alicyclic amines) is 1. The Kier molecular flexibility index (Phi) is 16.4. The fourth-order valence-electron chi connectivity index (χ4n) is 7.93. The van der Waals surface area contributed by atoms with Crippen LogP contribution >= 0.6 is 0 Å². The maximum Gasteiger partial charge on any atom is 0.277 e. The second kappa shape index (κ2) is 21.9. The number of fused-ring (bicyclic) bond motifs is 2. The number of nitrogen functional groups attached to an aromatic ring is 1. The van der Waals surface area contributed by atoms with Gasteiger partial charge in [-0.05, 0) is 89.2 Å². The highest BCUT2D eigenvalue weighted by Gasteiger charge is 2.25. The molecule has 2 aromatic carbocycles. The molecule has 0 radical (unpaired) electrons. The van der Waals surface area contributed by atoms with E-state index in [9.17, 15) is 18.0 Å². The number of methoxy groups -OCH3 is 2. The fraction of sp³-hybridized carbons (Fsp3) is 0.545. The Hall–Kier alpha value is -5.57. The van der Waals surface area contributed by atoms with Crippen molar-refractivity contribution in [1.82, 2.24) is 44.7 Å². The lowest BCUT2D eigenvalue weighted by atomic mass is 10.1. The molecule has 2 atom stereocenters. The van der Waals surface area contributed by atoms with E-state index in [1.54, 1.807) is 39.5 Å². The first kappa shape index (κ1) is 47.9. The van der Waals surface area contributed by atoms with Gasteiger partial charge in [-0.2, -0.15) is 10.1 Å². The number of nitrogens with two attached hydrogens (primary N) is 1. The quantitative estimate of drug-likeness (QED) is 0.0852. The van der Waals surface area contributed by atoms with E-state index in [2.05, 4.69) is 42.0 Å². The SMILES string of the molecule is CCCOc1ccc(S(=O)(=O)NCCC2CCCN2C)cc1-c1nc2c(CCC)nn(C)c2c(=O)[nH]1.COc1cc2nc(N(C)CCCNC(=O)C3CCCO3)nc(N)c2cc1OC. The Morgan fingerprint density at radius 3 is 2.48 bits per heavy atom. The van der Waals surface area contributed by atoms with Gasteiger partial charge in [-0.25, -0.2) is 23.1 Å². The van der Waals surface area contributed by atoms with Crippen molar-refractivity contribution < 1.29 is 32.2 Å². The summed E-state index contributed by atoms with van der Waals surface area (Å²) < 4.78 is 52.5. The minimum Gasteiger partial charge on any atom is -0.493 e. The maximum atomic E-state index is 13.1. The number of aromatic nitrogens is 6. The molecule has 20 heteroatoms. The van der Waals surface area contributed by atoms with Crippen molar-refractivity contribution in [2.24, 2.45) is 7.05 Å². The van der Waals surface area contributed by atoms with E-state index in [-0.39, 0.29) is 28.3 Å². The van der Waals surface area contributed by atoms with E-state index in [0.717, 1.165) is 63.6 Å². The number of benzene rings is 2. The van der Waals surface area contributed by atoms with Crippen LogP contribution in [0.4, 0.5) is 11.8 Å². The van der Waals surface area contributed by atoms with Crippen molar-refractivity contribution in [3.8, 4) is 28.6 Å². The summed E-state index contributed by atoms with van der Waals surface area (Å²) in [6.07, 6.45) is 7.50. The molecule has 2 aliphatic rings. The maximum absolute atomic E-state index is 13.1. The molecule has 64 heavy (non-hydrogen) atoms. The lowest BCUT2D eigenvalue weighted by molar-refractivity contribution is -0.130. The molecule has 5 heterocycles. The van der Waals surface area contributed by atoms with Gasteiger partial charge >= 0.3 is 0 Å². The lowest BCUT2D eigenvalue weighted by Crippen LogP contribution is -2.36. The molecule has 2 fully saturated rings. The standard InChI is InChI=1S/C25H36N6O4S.C19H27N5O4/c1-5-8-20-22-23(31(4)29-20)25(32)28-24(27-22)19-16-18(10-11-21(19)35-15-6-2)36(33,34)26-13-12-17-9-7-14-30(17)3;1-24(8-5-7-21-18(25)14-6-4-9-28-14)19-22-13-11-16(27-3)15(26-2)10-12(13)17(20)23-19/h10-11,16-17,26H,5-9,12-15H2,1-4H3,(H,27,28,32);10-11,14H,4-9H2,1-3H3,(H,21,25)(H2,20,22,23). The summed E-state index contributed by atoms with van der Waals surface area (Å²) in [5.41, 5.74) is 8.55. The van der Waals surface area contributed by atoms with Crippen molar-refractivity contribution in [2.75, 3.05) is 78.3 Å². The molecule has 2 aliphatic heterocycles. The van der Waals surface area contributed by atoms with Gasteiger partial charge in [-0.3, -0.25) is 14.3 Å². The van der Waals surface area contributed by atoms with Crippen LogP contribution in [0.3, 0.4) is 0 Å². The second-order valence-corrected chi connectivity index (χ2v) is 17.9. The molecular formula is C44H63N11O8S. The third-order valence-electron chi connectivity index (χ3n) is 11.4. The summed E-state index contributed by atoms with van der Waals surface area (Å²) in [5, 5.41) is 8.09. The predicted molar refractivity (Wildman–Crippen MR) is 247 cm³/mol. The highest BCUT2D eigenvalue weighted by molar-refractivity contribution is 7.89. The Morgan fingerprint density at radius 1 is 1.02 bits per heavy atom. The number of nitrogens with zero attached hydrogens (tertiary/aromatic N) is 7. The summed E-state index contributed by atoms with van der Waals surface area (Å²) in [6, 6.07) is 8.63. The number of ether oxygens (including phenoxy) is 4. The molecule has 0 spiro atoms. The number of sulfonamides is 1. The fourth-order valence-corrected chi connectivity index (χ4v) is 9.00. The molecule has 0 saturated carbocycles. The molecule has 7 rings (SSSR count). The number of aromatic amines is 1. The van der Waals surface area contributed by atoms with Gasteiger partial charge in [0, 0.05) is 57.8 Å². The summed E-state index contributed by atoms with van der Waals surface area (Å²) in [5.74, 6) is 2.74. The Labute approximate surface area is 374 Å². The number of carbonyl (C=O) groups excluding carboxylic acids is 1. The molecule has 2 saturated heterocycles. The molecular weight excluding hydrogens is 843 g/mol. The summed E-state index contributed by atoms with van der Waals surface area (Å²) in [6.45, 7) is 7.79. The van der Waals surface area contributed by atoms with E-state index in [4.69, 9.17) is 29.7 Å². The molecule has 2 unspecified atom stereocenters. The number of rotatable bonds is 19. The molecule has 0 aliphatic carbocycles. The second-order valence-electron chi connectivity index (χ2n) is 16.1. The molecule has 5 aromatic rings. The zero-order chi connectivity index (χ0) is 46.0. The first-order valence-corrected chi connectivity index (χ1v) is 23.5. The number of H-pyrrole nitrogens is 1. The monoisotopic (exact) mass is 905 g/mol. The van der Waals surface area contributed by atoms with E-state index in [1.807, 2.05) is 25.8 Å². The Bertz CT molecular complexity index is 2560. The Morgan fingerprint density at radius 2 is 1.80 bits per heavy atom. The van der Waals surface area contributed by atoms with Crippen LogP contribution in [0.5, 0.6) is 17.2 Å². The Balaban J connectivity index is 0.000000219.